The highest BCUT2D eigenvalue weighted by Crippen LogP contribution is 2.31. The Balaban J connectivity index is 1.41. The third-order valence-corrected chi connectivity index (χ3v) is 7.49. The van der Waals surface area contributed by atoms with E-state index in [4.69, 9.17) is 16.3 Å². The third kappa shape index (κ3) is 6.76. The molecule has 2 heterocycles. The fraction of sp³-hybridized carbons (Fsp3) is 0.652. The van der Waals surface area contributed by atoms with E-state index in [9.17, 15) is 9.42 Å². The first-order valence-corrected chi connectivity index (χ1v) is 13.2. The molecule has 2 aliphatic heterocycles. The summed E-state index contributed by atoms with van der Waals surface area (Å²) in [6.07, 6.45) is 8.97. The van der Waals surface area contributed by atoms with Crippen LogP contribution in [0.25, 0.3) is 0 Å². The maximum absolute atomic E-state index is 13.0. The summed E-state index contributed by atoms with van der Waals surface area (Å²) in [6.45, 7) is 3.97. The summed E-state index contributed by atoms with van der Waals surface area (Å²) in [6, 6.07) is 7.39. The maximum atomic E-state index is 13.0. The van der Waals surface area contributed by atoms with Crippen LogP contribution in [0.2, 0.25) is 5.02 Å². The van der Waals surface area contributed by atoms with Crippen LogP contribution in [-0.2, 0) is 11.2 Å². The maximum Gasteiger partial charge on any atom is 0.200 e. The predicted octanol–water partition coefficient (Wildman–Crippen LogP) is 4.97. The van der Waals surface area contributed by atoms with Gasteiger partial charge in [0.05, 0.1) is 25.0 Å². The zero-order chi connectivity index (χ0) is 22.9. The smallest absolute Gasteiger partial charge is 0.200 e. The number of benzene rings is 1. The van der Waals surface area contributed by atoms with Crippen LogP contribution in [0.15, 0.2) is 35.8 Å². The molecule has 0 aliphatic carbocycles. The molecule has 7 nitrogen and oxygen atoms in total. The van der Waals surface area contributed by atoms with Crippen molar-refractivity contribution >= 4 is 22.8 Å². The van der Waals surface area contributed by atoms with Crippen molar-refractivity contribution in [3.05, 3.63) is 46.0 Å². The highest BCUT2D eigenvalue weighted by molar-refractivity contribution is 7.80. The van der Waals surface area contributed by atoms with Gasteiger partial charge in [-0.05, 0) is 49.9 Å². The molecule has 0 amide bonds. The van der Waals surface area contributed by atoms with E-state index >= 15 is 0 Å². The van der Waals surface area contributed by atoms with Crippen LogP contribution in [0.4, 0.5) is 0 Å². The molecule has 0 saturated heterocycles. The van der Waals surface area contributed by atoms with Gasteiger partial charge in [-0.2, -0.15) is 0 Å². The summed E-state index contributed by atoms with van der Waals surface area (Å²) in [7, 11) is 1.84. The molecule has 180 valence electrons. The van der Waals surface area contributed by atoms with Crippen LogP contribution in [-0.4, -0.2) is 50.8 Å². The lowest BCUT2D eigenvalue weighted by Crippen LogP contribution is -2.45. The number of likely N-dealkylation sites (N-methyl/N-ethyl adjacent to an activating group) is 1. The number of hydrogen-bond donors (Lipinski definition) is 1. The summed E-state index contributed by atoms with van der Waals surface area (Å²) >= 11 is 4.56. The van der Waals surface area contributed by atoms with Gasteiger partial charge >= 0.3 is 0 Å². The summed E-state index contributed by atoms with van der Waals surface area (Å²) in [5.41, 5.74) is 0.902. The van der Waals surface area contributed by atoms with Crippen LogP contribution in [0.5, 0.6) is 5.75 Å². The minimum atomic E-state index is -1.32. The van der Waals surface area contributed by atoms with Crippen molar-refractivity contribution in [1.29, 1.82) is 0 Å². The Labute approximate surface area is 200 Å². The summed E-state index contributed by atoms with van der Waals surface area (Å²) < 4.78 is 22.2. The number of hydroxylamine groups is 2. The Morgan fingerprint density at radius 2 is 1.84 bits per heavy atom. The lowest BCUT2D eigenvalue weighted by atomic mass is 10.1. The lowest BCUT2D eigenvalue weighted by Gasteiger charge is -2.41. The Morgan fingerprint density at radius 1 is 1.12 bits per heavy atom. The Morgan fingerprint density at radius 3 is 2.59 bits per heavy atom. The quantitative estimate of drug-likeness (QED) is 0.401. The van der Waals surface area contributed by atoms with E-state index in [0.717, 1.165) is 61.5 Å². The van der Waals surface area contributed by atoms with Crippen molar-refractivity contribution in [3.63, 3.8) is 0 Å². The molecule has 1 N–H and O–H groups in total. The van der Waals surface area contributed by atoms with Gasteiger partial charge in [-0.25, -0.2) is 8.51 Å². The fourth-order valence-corrected chi connectivity index (χ4v) is 5.40. The van der Waals surface area contributed by atoms with Crippen molar-refractivity contribution in [2.45, 2.75) is 70.9 Å². The van der Waals surface area contributed by atoms with Gasteiger partial charge in [0.2, 0.25) is 0 Å². The lowest BCUT2D eigenvalue weighted by molar-refractivity contribution is 0.268. The Hall–Kier alpha value is -1.48. The molecule has 3 rings (SSSR count). The molecular formula is C23H36ClN4O3S-. The van der Waals surface area contributed by atoms with Gasteiger partial charge in [0.15, 0.2) is 11.2 Å². The number of nitrogens with one attached hydrogen (secondary N) is 1. The van der Waals surface area contributed by atoms with Gasteiger partial charge in [-0.15, -0.1) is 0 Å². The Bertz CT molecular complexity index is 777. The predicted molar refractivity (Wildman–Crippen MR) is 131 cm³/mol. The van der Waals surface area contributed by atoms with E-state index < -0.39 is 11.2 Å². The molecule has 2 aliphatic rings. The second-order valence-electron chi connectivity index (χ2n) is 8.47. The molecule has 0 aromatic heterocycles. The summed E-state index contributed by atoms with van der Waals surface area (Å²) in [5.74, 6) is 1.40. The first-order chi connectivity index (χ1) is 15.5. The van der Waals surface area contributed by atoms with Gasteiger partial charge in [0.25, 0.3) is 0 Å². The zero-order valence-electron chi connectivity index (χ0n) is 19.2. The van der Waals surface area contributed by atoms with Crippen LogP contribution >= 0.6 is 11.6 Å². The number of unbranched alkanes of at least 4 members (excludes halogenated alkanes) is 6. The second kappa shape index (κ2) is 12.7. The van der Waals surface area contributed by atoms with Gasteiger partial charge in [0.1, 0.15) is 11.6 Å². The van der Waals surface area contributed by atoms with Crippen molar-refractivity contribution in [2.75, 3.05) is 26.7 Å². The molecule has 1 aromatic carbocycles. The minimum Gasteiger partial charge on any atom is -0.756 e. The SMILES string of the molecule is CCCCCCC1NC2=C(N1[O-])N(CCCCCCOc1ccc(Cl)cc1)S(=O)N(C)C2. The van der Waals surface area contributed by atoms with Crippen molar-refractivity contribution in [3.8, 4) is 5.75 Å². The highest BCUT2D eigenvalue weighted by atomic mass is 35.5. The first-order valence-electron chi connectivity index (χ1n) is 11.8. The number of nitrogens with zero attached hydrogens (tertiary/aromatic N) is 3. The van der Waals surface area contributed by atoms with Crippen molar-refractivity contribution in [1.82, 2.24) is 19.0 Å². The summed E-state index contributed by atoms with van der Waals surface area (Å²) in [5, 5.41) is 18.1. The van der Waals surface area contributed by atoms with Crippen LogP contribution in [0.1, 0.15) is 64.7 Å². The molecule has 32 heavy (non-hydrogen) atoms. The number of halogens is 1. The van der Waals surface area contributed by atoms with Crippen LogP contribution in [0, 0.1) is 5.21 Å². The van der Waals surface area contributed by atoms with E-state index in [1.807, 2.05) is 31.3 Å². The molecule has 0 radical (unpaired) electrons. The Kier molecular flexibility index (Phi) is 9.96. The van der Waals surface area contributed by atoms with Crippen molar-refractivity contribution < 1.29 is 8.95 Å². The molecule has 0 saturated carbocycles. The largest absolute Gasteiger partial charge is 0.756 e. The topological polar surface area (TPSA) is 71.1 Å². The standard InChI is InChI=1S/C23H36ClN4O3S/c1-3-4-5-8-11-22-25-21-18-26(2)32(30)27(23(21)28(22)29)16-9-6-7-10-17-31-20-14-12-19(24)13-15-20/h12-15,22,25H,3-11,16-18H2,1-2H3/q-1. The molecule has 1 aromatic rings. The van der Waals surface area contributed by atoms with E-state index in [-0.39, 0.29) is 6.17 Å². The van der Waals surface area contributed by atoms with E-state index in [2.05, 4.69) is 12.2 Å². The molecule has 0 fully saturated rings. The zero-order valence-corrected chi connectivity index (χ0v) is 20.8. The fourth-order valence-electron chi connectivity index (χ4n) is 4.07. The molecule has 2 atom stereocenters. The average Bonchev–Trinajstić information content (AvgIpc) is 3.09. The highest BCUT2D eigenvalue weighted by Gasteiger charge is 2.37. The van der Waals surface area contributed by atoms with Gasteiger partial charge < -0.3 is 20.3 Å². The number of rotatable bonds is 13. The molecular weight excluding hydrogens is 448 g/mol. The average molecular weight is 484 g/mol. The third-order valence-electron chi connectivity index (χ3n) is 5.84. The number of hydrogen-bond acceptors (Lipinski definition) is 5. The normalized spacial score (nSPS) is 21.1. The second-order valence-corrected chi connectivity index (χ2v) is 10.4. The molecule has 2 unspecified atom stereocenters. The van der Waals surface area contributed by atoms with Gasteiger partial charge in [0, 0.05) is 18.6 Å². The molecule has 9 heteroatoms. The van der Waals surface area contributed by atoms with Crippen molar-refractivity contribution in [2.24, 2.45) is 0 Å². The van der Waals surface area contributed by atoms with E-state index in [1.165, 1.54) is 12.8 Å². The van der Waals surface area contributed by atoms with Crippen LogP contribution in [0.3, 0.4) is 0 Å². The summed E-state index contributed by atoms with van der Waals surface area (Å²) in [4.78, 5) is 0. The van der Waals surface area contributed by atoms with E-state index in [0.29, 0.717) is 30.5 Å². The number of ether oxygens (including phenoxy) is 1. The first kappa shape index (κ1) is 25.1. The monoisotopic (exact) mass is 483 g/mol. The molecule has 0 spiro atoms. The van der Waals surface area contributed by atoms with E-state index in [1.54, 1.807) is 8.61 Å². The van der Waals surface area contributed by atoms with Crippen LogP contribution < -0.4 is 10.1 Å². The van der Waals surface area contributed by atoms with Gasteiger partial charge in [-0.1, -0.05) is 50.6 Å². The minimum absolute atomic E-state index is 0.243. The molecule has 0 bridgehead atoms. The van der Waals surface area contributed by atoms with Gasteiger partial charge in [-0.3, -0.25) is 4.31 Å².